The summed E-state index contributed by atoms with van der Waals surface area (Å²) in [5.41, 5.74) is 0.919. The standard InChI is InChI=1S/C19H25BrN4O2/c1-2-4-17(25)21-11-14-5-3-10-24(12-14)13-18-22-23-19(26-18)15-6-8-16(20)9-7-15/h6-9,14H,2-5,10-13H2,1H3,(H,21,25). The highest BCUT2D eigenvalue weighted by Crippen LogP contribution is 2.22. The zero-order valence-electron chi connectivity index (χ0n) is 15.1. The van der Waals surface area contributed by atoms with Gasteiger partial charge in [0.1, 0.15) is 0 Å². The molecule has 1 N–H and O–H groups in total. The van der Waals surface area contributed by atoms with Crippen LogP contribution in [0.15, 0.2) is 33.2 Å². The Balaban J connectivity index is 1.52. The van der Waals surface area contributed by atoms with E-state index in [1.165, 1.54) is 0 Å². The first-order chi connectivity index (χ1) is 12.6. The van der Waals surface area contributed by atoms with Crippen LogP contribution in [0.1, 0.15) is 38.5 Å². The third kappa shape index (κ3) is 5.38. The number of hydrogen-bond donors (Lipinski definition) is 1. The molecular weight excluding hydrogens is 396 g/mol. The number of halogens is 1. The molecule has 1 amide bonds. The summed E-state index contributed by atoms with van der Waals surface area (Å²) in [7, 11) is 0. The van der Waals surface area contributed by atoms with Crippen molar-refractivity contribution in [1.82, 2.24) is 20.4 Å². The smallest absolute Gasteiger partial charge is 0.247 e. The lowest BCUT2D eigenvalue weighted by Gasteiger charge is -2.31. The minimum atomic E-state index is 0.153. The third-order valence-electron chi connectivity index (χ3n) is 4.58. The van der Waals surface area contributed by atoms with Gasteiger partial charge in [0.05, 0.1) is 6.54 Å². The summed E-state index contributed by atoms with van der Waals surface area (Å²) in [5.74, 6) is 1.82. The Morgan fingerprint density at radius 3 is 2.92 bits per heavy atom. The fourth-order valence-corrected chi connectivity index (χ4v) is 3.52. The van der Waals surface area contributed by atoms with E-state index in [4.69, 9.17) is 4.42 Å². The fourth-order valence-electron chi connectivity index (χ4n) is 3.25. The molecule has 0 radical (unpaired) electrons. The predicted octanol–water partition coefficient (Wildman–Crippen LogP) is 3.63. The van der Waals surface area contributed by atoms with Gasteiger partial charge in [0.2, 0.25) is 17.7 Å². The molecule has 1 aliphatic heterocycles. The molecule has 6 nitrogen and oxygen atoms in total. The van der Waals surface area contributed by atoms with E-state index >= 15 is 0 Å². The van der Waals surface area contributed by atoms with Gasteiger partial charge in [-0.3, -0.25) is 9.69 Å². The van der Waals surface area contributed by atoms with Crippen LogP contribution < -0.4 is 5.32 Å². The van der Waals surface area contributed by atoms with Crippen LogP contribution >= 0.6 is 15.9 Å². The summed E-state index contributed by atoms with van der Waals surface area (Å²) in [6, 6.07) is 7.83. The van der Waals surface area contributed by atoms with Gasteiger partial charge < -0.3 is 9.73 Å². The average Bonchev–Trinajstić information content (AvgIpc) is 3.10. The highest BCUT2D eigenvalue weighted by atomic mass is 79.9. The molecule has 2 heterocycles. The number of likely N-dealkylation sites (tertiary alicyclic amines) is 1. The Morgan fingerprint density at radius 2 is 2.15 bits per heavy atom. The second-order valence-electron chi connectivity index (χ2n) is 6.81. The molecule has 0 aliphatic carbocycles. The van der Waals surface area contributed by atoms with Gasteiger partial charge in [-0.1, -0.05) is 22.9 Å². The van der Waals surface area contributed by atoms with E-state index in [0.717, 1.165) is 48.9 Å². The lowest BCUT2D eigenvalue weighted by atomic mass is 9.98. The Hall–Kier alpha value is -1.73. The Morgan fingerprint density at radius 1 is 1.35 bits per heavy atom. The Labute approximate surface area is 162 Å². The first kappa shape index (κ1) is 19.0. The quantitative estimate of drug-likeness (QED) is 0.740. The van der Waals surface area contributed by atoms with Crippen molar-refractivity contribution in [3.63, 3.8) is 0 Å². The first-order valence-corrected chi connectivity index (χ1v) is 10.0. The SMILES string of the molecule is CCCC(=O)NCC1CCCN(Cc2nnc(-c3ccc(Br)cc3)o2)C1. The molecule has 0 bridgehead atoms. The second kappa shape index (κ2) is 9.28. The molecule has 26 heavy (non-hydrogen) atoms. The molecule has 1 saturated heterocycles. The number of benzene rings is 1. The van der Waals surface area contributed by atoms with Crippen LogP contribution in [0.4, 0.5) is 0 Å². The molecule has 1 aromatic heterocycles. The van der Waals surface area contributed by atoms with E-state index < -0.39 is 0 Å². The van der Waals surface area contributed by atoms with Crippen molar-refractivity contribution in [2.75, 3.05) is 19.6 Å². The highest BCUT2D eigenvalue weighted by molar-refractivity contribution is 9.10. The molecule has 1 atom stereocenters. The number of nitrogens with zero attached hydrogens (tertiary/aromatic N) is 3. The molecule has 1 unspecified atom stereocenters. The number of hydrogen-bond acceptors (Lipinski definition) is 5. The molecule has 1 aliphatic rings. The van der Waals surface area contributed by atoms with E-state index in [2.05, 4.69) is 36.3 Å². The first-order valence-electron chi connectivity index (χ1n) is 9.21. The fraction of sp³-hybridized carbons (Fsp3) is 0.526. The number of carbonyl (C=O) groups excluding carboxylic acids is 1. The number of amides is 1. The predicted molar refractivity (Wildman–Crippen MR) is 103 cm³/mol. The number of nitrogens with one attached hydrogen (secondary N) is 1. The van der Waals surface area contributed by atoms with Crippen molar-refractivity contribution in [2.24, 2.45) is 5.92 Å². The number of rotatable bonds is 7. The zero-order valence-corrected chi connectivity index (χ0v) is 16.7. The maximum atomic E-state index is 11.7. The van der Waals surface area contributed by atoms with E-state index in [9.17, 15) is 4.79 Å². The second-order valence-corrected chi connectivity index (χ2v) is 7.72. The molecule has 3 rings (SSSR count). The third-order valence-corrected chi connectivity index (χ3v) is 5.11. The molecule has 0 spiro atoms. The summed E-state index contributed by atoms with van der Waals surface area (Å²) in [4.78, 5) is 14.0. The lowest BCUT2D eigenvalue weighted by Crippen LogP contribution is -2.40. The summed E-state index contributed by atoms with van der Waals surface area (Å²) in [6.07, 6.45) is 3.77. The molecule has 1 aromatic carbocycles. The average molecular weight is 421 g/mol. The number of piperidine rings is 1. The van der Waals surface area contributed by atoms with Crippen molar-refractivity contribution in [3.8, 4) is 11.5 Å². The van der Waals surface area contributed by atoms with Crippen molar-refractivity contribution in [3.05, 3.63) is 34.6 Å². The van der Waals surface area contributed by atoms with E-state index in [1.54, 1.807) is 0 Å². The van der Waals surface area contributed by atoms with Gasteiger partial charge in [-0.2, -0.15) is 0 Å². The van der Waals surface area contributed by atoms with Gasteiger partial charge in [-0.05, 0) is 56.0 Å². The maximum Gasteiger partial charge on any atom is 0.247 e. The van der Waals surface area contributed by atoms with Crippen LogP contribution in [-0.2, 0) is 11.3 Å². The van der Waals surface area contributed by atoms with Crippen LogP contribution in [0.5, 0.6) is 0 Å². The van der Waals surface area contributed by atoms with Gasteiger partial charge in [-0.25, -0.2) is 0 Å². The Kier molecular flexibility index (Phi) is 6.80. The minimum absolute atomic E-state index is 0.153. The van der Waals surface area contributed by atoms with Crippen LogP contribution in [0, 0.1) is 5.92 Å². The maximum absolute atomic E-state index is 11.7. The topological polar surface area (TPSA) is 71.3 Å². The van der Waals surface area contributed by atoms with E-state index in [-0.39, 0.29) is 5.91 Å². The largest absolute Gasteiger partial charge is 0.419 e. The molecule has 1 fully saturated rings. The molecule has 7 heteroatoms. The minimum Gasteiger partial charge on any atom is -0.419 e. The zero-order chi connectivity index (χ0) is 18.4. The van der Waals surface area contributed by atoms with Crippen LogP contribution in [-0.4, -0.2) is 40.6 Å². The molecule has 0 saturated carbocycles. The number of carbonyl (C=O) groups is 1. The molecule has 140 valence electrons. The monoisotopic (exact) mass is 420 g/mol. The normalized spacial score (nSPS) is 18.0. The van der Waals surface area contributed by atoms with Gasteiger partial charge in [0.25, 0.3) is 0 Å². The summed E-state index contributed by atoms with van der Waals surface area (Å²) in [6.45, 7) is 5.40. The van der Waals surface area contributed by atoms with Crippen LogP contribution in [0.3, 0.4) is 0 Å². The van der Waals surface area contributed by atoms with Gasteiger partial charge in [0.15, 0.2) is 0 Å². The van der Waals surface area contributed by atoms with Crippen molar-refractivity contribution in [1.29, 1.82) is 0 Å². The van der Waals surface area contributed by atoms with Gasteiger partial charge in [-0.15, -0.1) is 10.2 Å². The van der Waals surface area contributed by atoms with Gasteiger partial charge >= 0.3 is 0 Å². The van der Waals surface area contributed by atoms with E-state index in [0.29, 0.717) is 30.7 Å². The highest BCUT2D eigenvalue weighted by Gasteiger charge is 2.22. The van der Waals surface area contributed by atoms with Crippen LogP contribution in [0.25, 0.3) is 11.5 Å². The van der Waals surface area contributed by atoms with Crippen LogP contribution in [0.2, 0.25) is 0 Å². The lowest BCUT2D eigenvalue weighted by molar-refractivity contribution is -0.121. The summed E-state index contributed by atoms with van der Waals surface area (Å²) in [5, 5.41) is 11.4. The Bertz CT molecular complexity index is 717. The van der Waals surface area contributed by atoms with Crippen molar-refractivity contribution in [2.45, 2.75) is 39.2 Å². The summed E-state index contributed by atoms with van der Waals surface area (Å²) < 4.78 is 6.85. The number of aromatic nitrogens is 2. The van der Waals surface area contributed by atoms with Crippen molar-refractivity contribution < 1.29 is 9.21 Å². The summed E-state index contributed by atoms with van der Waals surface area (Å²) >= 11 is 3.43. The molecule has 2 aromatic rings. The van der Waals surface area contributed by atoms with E-state index in [1.807, 2.05) is 31.2 Å². The van der Waals surface area contributed by atoms with Crippen molar-refractivity contribution >= 4 is 21.8 Å². The molecular formula is C19H25BrN4O2. The van der Waals surface area contributed by atoms with Gasteiger partial charge in [0, 0.05) is 29.5 Å².